The van der Waals surface area contributed by atoms with E-state index in [0.717, 1.165) is 38.3 Å². The molecule has 116 valence electrons. The lowest BCUT2D eigenvalue weighted by atomic mass is 9.96. The van der Waals surface area contributed by atoms with Gasteiger partial charge < -0.3 is 4.90 Å². The molecule has 0 radical (unpaired) electrons. The van der Waals surface area contributed by atoms with Crippen LogP contribution in [0.4, 0.5) is 19.0 Å². The fourth-order valence-electron chi connectivity index (χ4n) is 3.61. The summed E-state index contributed by atoms with van der Waals surface area (Å²) < 4.78 is 38.6. The Morgan fingerprint density at radius 3 is 2.48 bits per heavy atom. The Balaban J connectivity index is 1.90. The maximum atomic E-state index is 12.9. The maximum absolute atomic E-state index is 12.9. The predicted octanol–water partition coefficient (Wildman–Crippen LogP) is 4.31. The molecule has 3 rings (SSSR count). The van der Waals surface area contributed by atoms with E-state index >= 15 is 0 Å². The van der Waals surface area contributed by atoms with E-state index in [4.69, 9.17) is 11.6 Å². The van der Waals surface area contributed by atoms with Crippen molar-refractivity contribution in [3.8, 4) is 0 Å². The molecule has 0 amide bonds. The largest absolute Gasteiger partial charge is 0.433 e. The standard InChI is InChI=1S/C14H17ClF3N3/c15-13-19-11(14(16,17)18)8-12(20-13)21-7-3-6-10(21)9-4-1-2-5-9/h8-10H,1-7H2. The lowest BCUT2D eigenvalue weighted by Crippen LogP contribution is -2.35. The zero-order valence-electron chi connectivity index (χ0n) is 11.5. The first kappa shape index (κ1) is 14.9. The molecule has 1 aliphatic heterocycles. The Morgan fingerprint density at radius 1 is 1.10 bits per heavy atom. The second kappa shape index (κ2) is 5.63. The van der Waals surface area contributed by atoms with Gasteiger partial charge in [-0.3, -0.25) is 0 Å². The van der Waals surface area contributed by atoms with Crippen molar-refractivity contribution in [3.63, 3.8) is 0 Å². The van der Waals surface area contributed by atoms with E-state index in [1.807, 2.05) is 4.90 Å². The Morgan fingerprint density at radius 2 is 1.81 bits per heavy atom. The monoisotopic (exact) mass is 319 g/mol. The van der Waals surface area contributed by atoms with E-state index in [2.05, 4.69) is 9.97 Å². The Bertz CT molecular complexity index is 515. The van der Waals surface area contributed by atoms with E-state index in [-0.39, 0.29) is 5.28 Å². The molecule has 1 atom stereocenters. The van der Waals surface area contributed by atoms with Crippen LogP contribution in [-0.4, -0.2) is 22.6 Å². The van der Waals surface area contributed by atoms with Crippen LogP contribution in [0.3, 0.4) is 0 Å². The van der Waals surface area contributed by atoms with Crippen molar-refractivity contribution in [2.24, 2.45) is 5.92 Å². The van der Waals surface area contributed by atoms with Gasteiger partial charge in [-0.1, -0.05) is 12.8 Å². The fraction of sp³-hybridized carbons (Fsp3) is 0.714. The quantitative estimate of drug-likeness (QED) is 0.761. The third kappa shape index (κ3) is 3.10. The molecule has 1 saturated carbocycles. The van der Waals surface area contributed by atoms with Crippen LogP contribution in [0.2, 0.25) is 5.28 Å². The molecular formula is C14H17ClF3N3. The van der Waals surface area contributed by atoms with Crippen molar-refractivity contribution in [1.82, 2.24) is 9.97 Å². The van der Waals surface area contributed by atoms with Crippen LogP contribution in [-0.2, 0) is 6.18 Å². The molecule has 1 aromatic heterocycles. The van der Waals surface area contributed by atoms with Gasteiger partial charge in [0.15, 0.2) is 5.69 Å². The van der Waals surface area contributed by atoms with Crippen LogP contribution in [0.5, 0.6) is 0 Å². The van der Waals surface area contributed by atoms with Gasteiger partial charge in [0.1, 0.15) is 5.82 Å². The molecule has 3 nitrogen and oxygen atoms in total. The number of hydrogen-bond acceptors (Lipinski definition) is 3. The molecule has 1 unspecified atom stereocenters. The molecule has 2 fully saturated rings. The zero-order valence-corrected chi connectivity index (χ0v) is 12.3. The minimum atomic E-state index is -4.50. The topological polar surface area (TPSA) is 29.0 Å². The van der Waals surface area contributed by atoms with Crippen molar-refractivity contribution in [3.05, 3.63) is 17.0 Å². The van der Waals surface area contributed by atoms with E-state index < -0.39 is 11.9 Å². The highest BCUT2D eigenvalue weighted by molar-refractivity contribution is 6.28. The van der Waals surface area contributed by atoms with Crippen LogP contribution < -0.4 is 4.90 Å². The van der Waals surface area contributed by atoms with Crippen molar-refractivity contribution in [2.75, 3.05) is 11.4 Å². The Hall–Kier alpha value is -1.04. The summed E-state index contributed by atoms with van der Waals surface area (Å²) in [4.78, 5) is 9.33. The van der Waals surface area contributed by atoms with Crippen LogP contribution in [0.25, 0.3) is 0 Å². The average molecular weight is 320 g/mol. The molecule has 1 saturated heterocycles. The van der Waals surface area contributed by atoms with E-state index in [9.17, 15) is 13.2 Å². The first-order chi connectivity index (χ1) is 9.95. The maximum Gasteiger partial charge on any atom is 0.433 e. The SMILES string of the molecule is FC(F)(F)c1cc(N2CCCC2C2CCCC2)nc(Cl)n1. The third-order valence-electron chi connectivity index (χ3n) is 4.51. The van der Waals surface area contributed by atoms with E-state index in [0.29, 0.717) is 17.8 Å². The van der Waals surface area contributed by atoms with Gasteiger partial charge in [0, 0.05) is 18.7 Å². The van der Waals surface area contributed by atoms with Crippen LogP contribution in [0.1, 0.15) is 44.2 Å². The fourth-order valence-corrected chi connectivity index (χ4v) is 3.78. The summed E-state index contributed by atoms with van der Waals surface area (Å²) in [6, 6.07) is 1.32. The number of anilines is 1. The van der Waals surface area contributed by atoms with Gasteiger partial charge in [0.05, 0.1) is 0 Å². The number of aromatic nitrogens is 2. The van der Waals surface area contributed by atoms with Gasteiger partial charge in [-0.25, -0.2) is 9.97 Å². The molecule has 0 aromatic carbocycles. The van der Waals surface area contributed by atoms with Crippen molar-refractivity contribution in [2.45, 2.75) is 50.7 Å². The summed E-state index contributed by atoms with van der Waals surface area (Å²) in [5, 5.41) is -0.336. The zero-order chi connectivity index (χ0) is 15.0. The van der Waals surface area contributed by atoms with Gasteiger partial charge in [-0.2, -0.15) is 13.2 Å². The highest BCUT2D eigenvalue weighted by Gasteiger charge is 2.37. The first-order valence-electron chi connectivity index (χ1n) is 7.33. The number of nitrogens with zero attached hydrogens (tertiary/aromatic N) is 3. The number of halogens is 4. The lowest BCUT2D eigenvalue weighted by Gasteiger charge is -2.30. The van der Waals surface area contributed by atoms with Crippen molar-refractivity contribution < 1.29 is 13.2 Å². The lowest BCUT2D eigenvalue weighted by molar-refractivity contribution is -0.141. The van der Waals surface area contributed by atoms with Crippen molar-refractivity contribution >= 4 is 17.4 Å². The van der Waals surface area contributed by atoms with Gasteiger partial charge in [0.25, 0.3) is 0 Å². The summed E-state index contributed by atoms with van der Waals surface area (Å²) in [5.41, 5.74) is -0.963. The van der Waals surface area contributed by atoms with Gasteiger partial charge in [0.2, 0.25) is 5.28 Å². The van der Waals surface area contributed by atoms with Crippen LogP contribution in [0.15, 0.2) is 6.07 Å². The normalized spacial score (nSPS) is 24.0. The Labute approximate surface area is 126 Å². The van der Waals surface area contributed by atoms with Crippen molar-refractivity contribution in [1.29, 1.82) is 0 Å². The van der Waals surface area contributed by atoms with Gasteiger partial charge >= 0.3 is 6.18 Å². The highest BCUT2D eigenvalue weighted by atomic mass is 35.5. The summed E-state index contributed by atoms with van der Waals surface area (Å²) in [5.74, 6) is 0.882. The summed E-state index contributed by atoms with van der Waals surface area (Å²) in [7, 11) is 0. The molecule has 0 N–H and O–H groups in total. The molecule has 2 heterocycles. The second-order valence-corrected chi connectivity index (χ2v) is 6.16. The summed E-state index contributed by atoms with van der Waals surface area (Å²) >= 11 is 5.69. The summed E-state index contributed by atoms with van der Waals surface area (Å²) in [6.45, 7) is 0.742. The average Bonchev–Trinajstić information content (AvgIpc) is 3.07. The molecule has 0 spiro atoms. The third-order valence-corrected chi connectivity index (χ3v) is 4.68. The molecule has 1 aromatic rings. The Kier molecular flexibility index (Phi) is 3.99. The number of rotatable bonds is 2. The smallest absolute Gasteiger partial charge is 0.353 e. The first-order valence-corrected chi connectivity index (χ1v) is 7.71. The van der Waals surface area contributed by atoms with Crippen LogP contribution in [0, 0.1) is 5.92 Å². The highest BCUT2D eigenvalue weighted by Crippen LogP contribution is 2.38. The molecule has 0 bridgehead atoms. The molecule has 2 aliphatic rings. The minimum Gasteiger partial charge on any atom is -0.353 e. The predicted molar refractivity (Wildman–Crippen MR) is 74.4 cm³/mol. The number of hydrogen-bond donors (Lipinski definition) is 0. The summed E-state index contributed by atoms with van der Waals surface area (Å²) in [6.07, 6.45) is 2.26. The van der Waals surface area contributed by atoms with Crippen LogP contribution >= 0.6 is 11.6 Å². The molecular weight excluding hydrogens is 303 g/mol. The van der Waals surface area contributed by atoms with E-state index in [1.54, 1.807) is 0 Å². The number of alkyl halides is 3. The minimum absolute atomic E-state index is 0.291. The molecule has 21 heavy (non-hydrogen) atoms. The molecule has 7 heteroatoms. The van der Waals surface area contributed by atoms with Gasteiger partial charge in [-0.05, 0) is 43.2 Å². The second-order valence-electron chi connectivity index (χ2n) is 5.83. The molecule has 1 aliphatic carbocycles. The van der Waals surface area contributed by atoms with E-state index in [1.165, 1.54) is 12.8 Å². The van der Waals surface area contributed by atoms with Gasteiger partial charge in [-0.15, -0.1) is 0 Å².